The Morgan fingerprint density at radius 3 is 2.45 bits per heavy atom. The average molecular weight is 390 g/mol. The Morgan fingerprint density at radius 1 is 1.07 bits per heavy atom. The van der Waals surface area contributed by atoms with Crippen molar-refractivity contribution in [3.05, 3.63) is 47.5 Å². The molecule has 2 aliphatic rings. The van der Waals surface area contributed by atoms with Crippen LogP contribution in [-0.4, -0.2) is 37.0 Å². The van der Waals surface area contributed by atoms with Crippen LogP contribution < -0.4 is 11.1 Å². The monoisotopic (exact) mass is 389 g/mol. The number of benzene rings is 2. The van der Waals surface area contributed by atoms with Crippen LogP contribution >= 0.6 is 0 Å². The van der Waals surface area contributed by atoms with Crippen molar-refractivity contribution in [2.24, 2.45) is 17.6 Å². The van der Waals surface area contributed by atoms with Gasteiger partial charge in [-0.3, -0.25) is 9.69 Å². The van der Waals surface area contributed by atoms with Gasteiger partial charge in [-0.15, -0.1) is 0 Å². The lowest BCUT2D eigenvalue weighted by atomic mass is 9.91. The third-order valence-corrected chi connectivity index (χ3v) is 6.64. The van der Waals surface area contributed by atoms with Crippen molar-refractivity contribution in [1.82, 2.24) is 10.2 Å². The summed E-state index contributed by atoms with van der Waals surface area (Å²) >= 11 is 0. The summed E-state index contributed by atoms with van der Waals surface area (Å²) in [5.41, 5.74) is 7.97. The number of carbonyl (C=O) groups is 1. The number of nitrogens with two attached hydrogens (primary N) is 1. The molecule has 4 nitrogen and oxygen atoms in total. The molecule has 4 rings (SSSR count). The summed E-state index contributed by atoms with van der Waals surface area (Å²) in [5.74, 6) is 7.37. The molecule has 0 spiro atoms. The van der Waals surface area contributed by atoms with Gasteiger partial charge in [0.25, 0.3) is 0 Å². The highest BCUT2D eigenvalue weighted by molar-refractivity contribution is 5.91. The Kier molecular flexibility index (Phi) is 6.18. The first-order chi connectivity index (χ1) is 14.1. The van der Waals surface area contributed by atoms with Gasteiger partial charge in [-0.25, -0.2) is 0 Å². The van der Waals surface area contributed by atoms with Gasteiger partial charge in [0.1, 0.15) is 0 Å². The molecular formula is C25H31N3O. The molecule has 29 heavy (non-hydrogen) atoms. The van der Waals surface area contributed by atoms with Gasteiger partial charge in [0.2, 0.25) is 5.91 Å². The first-order valence-corrected chi connectivity index (χ1v) is 10.9. The van der Waals surface area contributed by atoms with Gasteiger partial charge in [0, 0.05) is 23.4 Å². The number of nitrogens with zero attached hydrogens (tertiary/aromatic N) is 1. The molecule has 1 atom stereocenters. The Balaban J connectivity index is 1.58. The van der Waals surface area contributed by atoms with Crippen molar-refractivity contribution in [3.63, 3.8) is 0 Å². The van der Waals surface area contributed by atoms with Crippen LogP contribution in [-0.2, 0) is 4.79 Å². The summed E-state index contributed by atoms with van der Waals surface area (Å²) in [6, 6.07) is 13.4. The molecule has 1 amide bonds. The van der Waals surface area contributed by atoms with Crippen LogP contribution in [0.25, 0.3) is 10.8 Å². The number of piperidine rings is 2. The lowest BCUT2D eigenvalue weighted by Gasteiger charge is -2.35. The Bertz CT molecular complexity index is 928. The summed E-state index contributed by atoms with van der Waals surface area (Å²) in [7, 11) is 0. The van der Waals surface area contributed by atoms with E-state index >= 15 is 0 Å². The predicted octanol–water partition coefficient (Wildman–Crippen LogP) is 3.45. The van der Waals surface area contributed by atoms with E-state index in [2.05, 4.69) is 65.4 Å². The quantitative estimate of drug-likeness (QED) is 0.791. The van der Waals surface area contributed by atoms with Crippen LogP contribution in [0.5, 0.6) is 0 Å². The third-order valence-electron chi connectivity index (χ3n) is 6.64. The summed E-state index contributed by atoms with van der Waals surface area (Å²) in [5, 5.41) is 5.93. The number of carbonyl (C=O) groups excluding carboxylic acids is 1. The summed E-state index contributed by atoms with van der Waals surface area (Å²) in [6.07, 6.45) is 4.00. The number of hydrogen-bond acceptors (Lipinski definition) is 3. The minimum atomic E-state index is -0.153. The van der Waals surface area contributed by atoms with Gasteiger partial charge in [-0.05, 0) is 81.2 Å². The van der Waals surface area contributed by atoms with Crippen molar-refractivity contribution in [1.29, 1.82) is 0 Å². The van der Waals surface area contributed by atoms with Crippen molar-refractivity contribution in [2.45, 2.75) is 38.6 Å². The SMILES string of the molecule is CC(c1ccc(C#CC2CCNCC2)c2ccccc12)N1CCC(C(N)=O)CC1. The molecule has 0 bridgehead atoms. The number of rotatable bonds is 3. The minimum Gasteiger partial charge on any atom is -0.369 e. The Hall–Kier alpha value is -2.35. The van der Waals surface area contributed by atoms with Crippen molar-refractivity contribution < 1.29 is 4.79 Å². The maximum absolute atomic E-state index is 11.5. The number of fused-ring (bicyclic) bond motifs is 1. The topological polar surface area (TPSA) is 58.4 Å². The van der Waals surface area contributed by atoms with E-state index in [1.54, 1.807) is 0 Å². The summed E-state index contributed by atoms with van der Waals surface area (Å²) < 4.78 is 0. The van der Waals surface area contributed by atoms with E-state index in [-0.39, 0.29) is 11.8 Å². The number of hydrogen-bond donors (Lipinski definition) is 2. The molecule has 0 saturated carbocycles. The molecule has 2 saturated heterocycles. The Labute approximate surface area is 173 Å². The largest absolute Gasteiger partial charge is 0.369 e. The summed E-state index contributed by atoms with van der Waals surface area (Å²) in [6.45, 7) is 6.25. The number of amides is 1. The van der Waals surface area contributed by atoms with Crippen molar-refractivity contribution in [3.8, 4) is 11.8 Å². The molecule has 0 aliphatic carbocycles. The van der Waals surface area contributed by atoms with Crippen LogP contribution in [0.2, 0.25) is 0 Å². The molecule has 1 unspecified atom stereocenters. The van der Waals surface area contributed by atoms with E-state index < -0.39 is 0 Å². The number of primary amides is 1. The molecule has 4 heteroatoms. The molecule has 0 aromatic heterocycles. The maximum atomic E-state index is 11.5. The van der Waals surface area contributed by atoms with Gasteiger partial charge in [0.15, 0.2) is 0 Å². The normalized spacial score (nSPS) is 20.2. The molecule has 3 N–H and O–H groups in total. The maximum Gasteiger partial charge on any atom is 0.220 e. The van der Waals surface area contributed by atoms with Crippen LogP contribution in [0.3, 0.4) is 0 Å². The lowest BCUT2D eigenvalue weighted by molar-refractivity contribution is -0.123. The molecule has 0 radical (unpaired) electrons. The van der Waals surface area contributed by atoms with E-state index in [1.807, 2.05) is 0 Å². The van der Waals surface area contributed by atoms with E-state index in [9.17, 15) is 4.79 Å². The van der Waals surface area contributed by atoms with Gasteiger partial charge in [-0.1, -0.05) is 42.2 Å². The van der Waals surface area contributed by atoms with Gasteiger partial charge < -0.3 is 11.1 Å². The molecule has 2 aliphatic heterocycles. The second-order valence-electron chi connectivity index (χ2n) is 8.43. The number of likely N-dealkylation sites (tertiary alicyclic amines) is 1. The minimum absolute atomic E-state index is 0.0304. The first-order valence-electron chi connectivity index (χ1n) is 10.9. The average Bonchev–Trinajstić information content (AvgIpc) is 2.77. The van der Waals surface area contributed by atoms with E-state index in [1.165, 1.54) is 16.3 Å². The smallest absolute Gasteiger partial charge is 0.220 e. The van der Waals surface area contributed by atoms with E-state index in [4.69, 9.17) is 5.73 Å². The highest BCUT2D eigenvalue weighted by atomic mass is 16.1. The highest BCUT2D eigenvalue weighted by Gasteiger charge is 2.27. The van der Waals surface area contributed by atoms with Crippen molar-refractivity contribution in [2.75, 3.05) is 26.2 Å². The zero-order chi connectivity index (χ0) is 20.2. The van der Waals surface area contributed by atoms with Gasteiger partial charge in [-0.2, -0.15) is 0 Å². The number of nitrogens with one attached hydrogen (secondary N) is 1. The second-order valence-corrected chi connectivity index (χ2v) is 8.43. The van der Waals surface area contributed by atoms with E-state index in [0.29, 0.717) is 12.0 Å². The van der Waals surface area contributed by atoms with Crippen LogP contribution in [0.15, 0.2) is 36.4 Å². The van der Waals surface area contributed by atoms with Crippen LogP contribution in [0.1, 0.15) is 49.8 Å². The standard InChI is InChI=1S/C25H31N3O/c1-18(28-16-12-21(13-17-28)25(26)29)22-9-8-20(23-4-2-3-5-24(22)23)7-6-19-10-14-27-15-11-19/h2-5,8-9,18-19,21,27H,10-17H2,1H3,(H2,26,29). The lowest BCUT2D eigenvalue weighted by Crippen LogP contribution is -2.39. The zero-order valence-corrected chi connectivity index (χ0v) is 17.3. The predicted molar refractivity (Wildman–Crippen MR) is 118 cm³/mol. The highest BCUT2D eigenvalue weighted by Crippen LogP contribution is 2.32. The molecule has 2 heterocycles. The van der Waals surface area contributed by atoms with Crippen LogP contribution in [0, 0.1) is 23.7 Å². The van der Waals surface area contributed by atoms with E-state index in [0.717, 1.165) is 57.4 Å². The molecule has 2 fully saturated rings. The summed E-state index contributed by atoms with van der Waals surface area (Å²) in [4.78, 5) is 14.0. The molecule has 152 valence electrons. The fourth-order valence-electron chi connectivity index (χ4n) is 4.71. The fourth-order valence-corrected chi connectivity index (χ4v) is 4.71. The van der Waals surface area contributed by atoms with Crippen LogP contribution in [0.4, 0.5) is 0 Å². The van der Waals surface area contributed by atoms with Crippen molar-refractivity contribution >= 4 is 16.7 Å². The van der Waals surface area contributed by atoms with Gasteiger partial charge in [0.05, 0.1) is 0 Å². The van der Waals surface area contributed by atoms with Gasteiger partial charge >= 0.3 is 0 Å². The molecule has 2 aromatic rings. The Morgan fingerprint density at radius 2 is 1.76 bits per heavy atom. The molecular weight excluding hydrogens is 358 g/mol. The second kappa shape index (κ2) is 8.98. The fraction of sp³-hybridized carbons (Fsp3) is 0.480. The first kappa shape index (κ1) is 19.9. The zero-order valence-electron chi connectivity index (χ0n) is 17.3. The molecule has 2 aromatic carbocycles. The third kappa shape index (κ3) is 4.47.